The number of nitrogens with zero attached hydrogens (tertiary/aromatic N) is 1. The highest BCUT2D eigenvalue weighted by Gasteiger charge is 2.16. The third kappa shape index (κ3) is 3.98. The lowest BCUT2D eigenvalue weighted by Gasteiger charge is -1.98. The lowest BCUT2D eigenvalue weighted by Crippen LogP contribution is -1.98. The second-order valence-electron chi connectivity index (χ2n) is 4.18. The van der Waals surface area contributed by atoms with Crippen LogP contribution in [0.4, 0.5) is 0 Å². The summed E-state index contributed by atoms with van der Waals surface area (Å²) in [5.41, 5.74) is 0.705. The molecule has 2 rings (SSSR count). The van der Waals surface area contributed by atoms with Crippen LogP contribution in [0.15, 0.2) is 29.2 Å². The van der Waals surface area contributed by atoms with Crippen LogP contribution in [0, 0.1) is 0 Å². The molecular weight excluding hydrogens is 314 g/mol. The Labute approximate surface area is 131 Å². The zero-order valence-corrected chi connectivity index (χ0v) is 13.3. The van der Waals surface area contributed by atoms with Crippen molar-refractivity contribution in [2.45, 2.75) is 30.4 Å². The number of aromatic carboxylic acids is 1. The Hall–Kier alpha value is -1.04. The van der Waals surface area contributed by atoms with Gasteiger partial charge < -0.3 is 5.11 Å². The first-order valence-corrected chi connectivity index (χ1v) is 8.38. The average molecular weight is 328 g/mol. The van der Waals surface area contributed by atoms with E-state index in [0.717, 1.165) is 16.3 Å². The normalized spacial score (nSPS) is 10.7. The maximum absolute atomic E-state index is 11.2. The molecule has 0 amide bonds. The average Bonchev–Trinajstić information content (AvgIpc) is 2.82. The molecule has 0 aliphatic heterocycles. The molecule has 3 nitrogen and oxygen atoms in total. The Bertz CT molecular complexity index is 596. The molecule has 20 heavy (non-hydrogen) atoms. The molecule has 0 spiro atoms. The number of aromatic nitrogens is 1. The molecule has 0 saturated heterocycles. The van der Waals surface area contributed by atoms with E-state index in [0.29, 0.717) is 27.8 Å². The first-order valence-electron chi connectivity index (χ1n) is 6.20. The molecule has 0 atom stereocenters. The van der Waals surface area contributed by atoms with Crippen molar-refractivity contribution >= 4 is 40.7 Å². The fourth-order valence-corrected chi connectivity index (χ4v) is 3.68. The molecule has 106 valence electrons. The predicted octanol–water partition coefficient (Wildman–Crippen LogP) is 4.74. The highest BCUT2D eigenvalue weighted by atomic mass is 35.5. The minimum atomic E-state index is -0.881. The van der Waals surface area contributed by atoms with E-state index in [1.807, 2.05) is 31.2 Å². The van der Waals surface area contributed by atoms with Crippen LogP contribution in [0.2, 0.25) is 5.02 Å². The lowest BCUT2D eigenvalue weighted by molar-refractivity contribution is 0.0700. The fourth-order valence-electron chi connectivity index (χ4n) is 1.71. The number of rotatable bonds is 6. The third-order valence-electron chi connectivity index (χ3n) is 2.60. The number of benzene rings is 1. The van der Waals surface area contributed by atoms with Gasteiger partial charge in [-0.1, -0.05) is 24.9 Å². The summed E-state index contributed by atoms with van der Waals surface area (Å²) in [4.78, 5) is 17.1. The van der Waals surface area contributed by atoms with E-state index >= 15 is 0 Å². The standard InChI is InChI=1S/C14H14ClNO2S2/c1-2-3-11-13(14(17)18)20-12(16-11)8-19-10-6-4-9(15)5-7-10/h4-7H,2-3,8H2,1H3,(H,17,18). The number of hydrogen-bond acceptors (Lipinski definition) is 4. The van der Waals surface area contributed by atoms with Crippen molar-refractivity contribution < 1.29 is 9.90 Å². The summed E-state index contributed by atoms with van der Waals surface area (Å²) in [5.74, 6) is -0.204. The Balaban J connectivity index is 2.07. The van der Waals surface area contributed by atoms with Gasteiger partial charge in [0.05, 0.1) is 11.4 Å². The van der Waals surface area contributed by atoms with Gasteiger partial charge in [-0.2, -0.15) is 0 Å². The number of aryl methyl sites for hydroxylation is 1. The molecule has 0 radical (unpaired) electrons. The molecule has 0 bridgehead atoms. The summed E-state index contributed by atoms with van der Waals surface area (Å²) >= 11 is 8.74. The first kappa shape index (κ1) is 15.4. The summed E-state index contributed by atoms with van der Waals surface area (Å²) in [6.45, 7) is 2.02. The minimum absolute atomic E-state index is 0.374. The molecule has 0 aliphatic rings. The first-order chi connectivity index (χ1) is 9.60. The molecule has 2 aromatic rings. The van der Waals surface area contributed by atoms with Crippen molar-refractivity contribution in [1.82, 2.24) is 4.98 Å². The Morgan fingerprint density at radius 2 is 2.10 bits per heavy atom. The van der Waals surface area contributed by atoms with Crippen LogP contribution in [0.1, 0.15) is 33.7 Å². The smallest absolute Gasteiger partial charge is 0.347 e. The number of thioether (sulfide) groups is 1. The Kier molecular flexibility index (Phi) is 5.46. The maximum atomic E-state index is 11.2. The van der Waals surface area contributed by atoms with Gasteiger partial charge in [0.15, 0.2) is 0 Å². The summed E-state index contributed by atoms with van der Waals surface area (Å²) in [6.07, 6.45) is 1.61. The van der Waals surface area contributed by atoms with E-state index in [2.05, 4.69) is 4.98 Å². The van der Waals surface area contributed by atoms with Crippen molar-refractivity contribution in [2.24, 2.45) is 0 Å². The van der Waals surface area contributed by atoms with Gasteiger partial charge in [-0.05, 0) is 30.7 Å². The molecule has 0 unspecified atom stereocenters. The van der Waals surface area contributed by atoms with Crippen LogP contribution in [0.3, 0.4) is 0 Å². The van der Waals surface area contributed by atoms with Crippen LogP contribution < -0.4 is 0 Å². The van der Waals surface area contributed by atoms with E-state index < -0.39 is 5.97 Å². The molecule has 1 heterocycles. The van der Waals surface area contributed by atoms with Crippen molar-refractivity contribution in [3.63, 3.8) is 0 Å². The van der Waals surface area contributed by atoms with E-state index in [1.165, 1.54) is 11.3 Å². The van der Waals surface area contributed by atoms with E-state index in [9.17, 15) is 9.90 Å². The van der Waals surface area contributed by atoms with Crippen LogP contribution >= 0.6 is 34.7 Å². The molecule has 0 aliphatic carbocycles. The molecule has 1 N–H and O–H groups in total. The second-order valence-corrected chi connectivity index (χ2v) is 6.75. The highest BCUT2D eigenvalue weighted by Crippen LogP contribution is 2.28. The summed E-state index contributed by atoms with van der Waals surface area (Å²) in [7, 11) is 0. The highest BCUT2D eigenvalue weighted by molar-refractivity contribution is 7.98. The number of carboxylic acids is 1. The van der Waals surface area contributed by atoms with Crippen molar-refractivity contribution in [3.05, 3.63) is 44.9 Å². The predicted molar refractivity (Wildman–Crippen MR) is 84.1 cm³/mol. The summed E-state index contributed by atoms with van der Waals surface area (Å²) in [5, 5.41) is 10.7. The van der Waals surface area contributed by atoms with Crippen LogP contribution in [0.5, 0.6) is 0 Å². The Morgan fingerprint density at radius 3 is 2.70 bits per heavy atom. The van der Waals surface area contributed by atoms with Crippen LogP contribution in [-0.4, -0.2) is 16.1 Å². The van der Waals surface area contributed by atoms with Gasteiger partial charge in [-0.15, -0.1) is 23.1 Å². The number of halogens is 1. The van der Waals surface area contributed by atoms with Gasteiger partial charge >= 0.3 is 5.97 Å². The van der Waals surface area contributed by atoms with Gasteiger partial charge in [0.25, 0.3) is 0 Å². The Morgan fingerprint density at radius 1 is 1.40 bits per heavy atom. The van der Waals surface area contributed by atoms with Crippen molar-refractivity contribution in [3.8, 4) is 0 Å². The summed E-state index contributed by atoms with van der Waals surface area (Å²) in [6, 6.07) is 7.59. The number of thiazole rings is 1. The zero-order chi connectivity index (χ0) is 14.5. The van der Waals surface area contributed by atoms with Crippen LogP contribution in [0.25, 0.3) is 0 Å². The quantitative estimate of drug-likeness (QED) is 0.778. The molecule has 0 fully saturated rings. The van der Waals surface area contributed by atoms with E-state index in [4.69, 9.17) is 11.6 Å². The van der Waals surface area contributed by atoms with Gasteiger partial charge in [0.1, 0.15) is 9.88 Å². The van der Waals surface area contributed by atoms with Gasteiger partial charge in [-0.3, -0.25) is 0 Å². The number of hydrogen-bond donors (Lipinski definition) is 1. The molecule has 1 aromatic heterocycles. The fraction of sp³-hybridized carbons (Fsp3) is 0.286. The molecular formula is C14H14ClNO2S2. The van der Waals surface area contributed by atoms with Gasteiger partial charge in [0, 0.05) is 9.92 Å². The van der Waals surface area contributed by atoms with E-state index in [1.54, 1.807) is 11.8 Å². The number of carbonyl (C=O) groups is 1. The maximum Gasteiger partial charge on any atom is 0.347 e. The molecule has 0 saturated carbocycles. The lowest BCUT2D eigenvalue weighted by atomic mass is 10.2. The topological polar surface area (TPSA) is 50.2 Å². The van der Waals surface area contributed by atoms with Gasteiger partial charge in [0.2, 0.25) is 0 Å². The SMILES string of the molecule is CCCc1nc(CSc2ccc(Cl)cc2)sc1C(=O)O. The monoisotopic (exact) mass is 327 g/mol. The molecule has 6 heteroatoms. The molecule has 1 aromatic carbocycles. The minimum Gasteiger partial charge on any atom is -0.477 e. The third-order valence-corrected chi connectivity index (χ3v) is 5.14. The number of carboxylic acid groups (broad SMARTS) is 1. The largest absolute Gasteiger partial charge is 0.477 e. The summed E-state index contributed by atoms with van der Waals surface area (Å²) < 4.78 is 0. The second kappa shape index (κ2) is 7.11. The van der Waals surface area contributed by atoms with Crippen LogP contribution in [-0.2, 0) is 12.2 Å². The zero-order valence-electron chi connectivity index (χ0n) is 10.9. The van der Waals surface area contributed by atoms with E-state index in [-0.39, 0.29) is 0 Å². The van der Waals surface area contributed by atoms with Crippen molar-refractivity contribution in [1.29, 1.82) is 0 Å². The van der Waals surface area contributed by atoms with Crippen molar-refractivity contribution in [2.75, 3.05) is 0 Å². The van der Waals surface area contributed by atoms with Gasteiger partial charge in [-0.25, -0.2) is 9.78 Å².